The number of hydrogen-bond acceptors (Lipinski definition) is 5. The van der Waals surface area contributed by atoms with Crippen molar-refractivity contribution in [3.63, 3.8) is 0 Å². The Hall–Kier alpha value is -3.19. The van der Waals surface area contributed by atoms with Gasteiger partial charge in [-0.1, -0.05) is 28.9 Å². The Labute approximate surface area is 147 Å². The molecule has 0 atom stereocenters. The molecule has 0 aliphatic carbocycles. The molecule has 7 nitrogen and oxygen atoms in total. The highest BCUT2D eigenvalue weighted by molar-refractivity contribution is 6.30. The van der Waals surface area contributed by atoms with E-state index in [2.05, 4.69) is 15.6 Å². The number of rotatable bonds is 3. The third kappa shape index (κ3) is 2.97. The number of amides is 1. The first-order valence-electron chi connectivity index (χ1n) is 7.40. The minimum absolute atomic E-state index is 0.142. The molecule has 25 heavy (non-hydrogen) atoms. The maximum atomic E-state index is 12.3. The van der Waals surface area contributed by atoms with Crippen molar-refractivity contribution in [3.05, 3.63) is 70.5 Å². The number of carbonyl (C=O) groups excluding carboxylic acids is 2. The number of fused-ring (bicyclic) bond motifs is 1. The number of ether oxygens (including phenoxy) is 1. The highest BCUT2D eigenvalue weighted by Gasteiger charge is 2.22. The smallest absolute Gasteiger partial charge is 0.338 e. The molecule has 8 heteroatoms. The molecule has 2 heterocycles. The average molecular weight is 355 g/mol. The summed E-state index contributed by atoms with van der Waals surface area (Å²) in [6, 6.07) is 12.1. The van der Waals surface area contributed by atoms with Crippen molar-refractivity contribution in [2.24, 2.45) is 0 Å². The van der Waals surface area contributed by atoms with E-state index in [0.717, 1.165) is 5.56 Å². The van der Waals surface area contributed by atoms with Gasteiger partial charge in [-0.25, -0.2) is 9.48 Å². The molecule has 0 spiro atoms. The van der Waals surface area contributed by atoms with Gasteiger partial charge in [-0.15, -0.1) is 5.10 Å². The van der Waals surface area contributed by atoms with Crippen molar-refractivity contribution in [1.82, 2.24) is 15.0 Å². The number of hydrogen-bond donors (Lipinski definition) is 1. The van der Waals surface area contributed by atoms with Gasteiger partial charge in [0, 0.05) is 16.3 Å². The SMILES string of the molecule is O=C(Nc1ccc2c(c1)C(=O)OC2)c1cn(-c2cccc(Cl)c2)nn1. The number of anilines is 1. The quantitative estimate of drug-likeness (QED) is 0.731. The zero-order valence-corrected chi connectivity index (χ0v) is 13.5. The van der Waals surface area contributed by atoms with Crippen LogP contribution in [-0.2, 0) is 11.3 Å². The van der Waals surface area contributed by atoms with Crippen molar-refractivity contribution in [3.8, 4) is 5.69 Å². The number of aromatic nitrogens is 3. The van der Waals surface area contributed by atoms with Crippen molar-refractivity contribution in [1.29, 1.82) is 0 Å². The van der Waals surface area contributed by atoms with Gasteiger partial charge < -0.3 is 10.1 Å². The number of halogens is 1. The third-order valence-corrected chi connectivity index (χ3v) is 3.98. The van der Waals surface area contributed by atoms with Crippen LogP contribution in [0, 0.1) is 0 Å². The average Bonchev–Trinajstić information content (AvgIpc) is 3.23. The van der Waals surface area contributed by atoms with E-state index in [-0.39, 0.29) is 12.3 Å². The van der Waals surface area contributed by atoms with Gasteiger partial charge in [-0.3, -0.25) is 4.79 Å². The Morgan fingerprint density at radius 3 is 2.96 bits per heavy atom. The Morgan fingerprint density at radius 1 is 1.24 bits per heavy atom. The monoisotopic (exact) mass is 354 g/mol. The Morgan fingerprint density at radius 2 is 2.12 bits per heavy atom. The van der Waals surface area contributed by atoms with Gasteiger partial charge in [0.1, 0.15) is 6.61 Å². The molecule has 0 saturated heterocycles. The summed E-state index contributed by atoms with van der Waals surface area (Å²) in [6.07, 6.45) is 1.50. The molecular formula is C17H11ClN4O3. The van der Waals surface area contributed by atoms with E-state index in [1.807, 2.05) is 0 Å². The fraction of sp³-hybridized carbons (Fsp3) is 0.0588. The van der Waals surface area contributed by atoms with Crippen LogP contribution in [0.25, 0.3) is 5.69 Å². The van der Waals surface area contributed by atoms with E-state index in [9.17, 15) is 9.59 Å². The van der Waals surface area contributed by atoms with E-state index in [0.29, 0.717) is 22.0 Å². The van der Waals surface area contributed by atoms with E-state index < -0.39 is 11.9 Å². The van der Waals surface area contributed by atoms with Gasteiger partial charge in [0.2, 0.25) is 0 Å². The predicted octanol–water partition coefficient (Wildman–Crippen LogP) is 2.84. The van der Waals surface area contributed by atoms with E-state index in [1.165, 1.54) is 10.9 Å². The normalized spacial score (nSPS) is 12.6. The topological polar surface area (TPSA) is 86.1 Å². The largest absolute Gasteiger partial charge is 0.457 e. The molecule has 0 unspecified atom stereocenters. The van der Waals surface area contributed by atoms with Crippen molar-refractivity contribution < 1.29 is 14.3 Å². The molecule has 124 valence electrons. The van der Waals surface area contributed by atoms with Crippen LogP contribution in [0.1, 0.15) is 26.4 Å². The molecular weight excluding hydrogens is 344 g/mol. The molecule has 3 aromatic rings. The maximum Gasteiger partial charge on any atom is 0.338 e. The first-order valence-corrected chi connectivity index (χ1v) is 7.78. The van der Waals surface area contributed by atoms with Crippen LogP contribution in [0.4, 0.5) is 5.69 Å². The van der Waals surface area contributed by atoms with Crippen LogP contribution in [0.2, 0.25) is 5.02 Å². The second-order valence-electron chi connectivity index (χ2n) is 5.43. The molecule has 0 radical (unpaired) electrons. The second-order valence-corrected chi connectivity index (χ2v) is 5.87. The molecule has 1 aliphatic heterocycles. The minimum atomic E-state index is -0.431. The summed E-state index contributed by atoms with van der Waals surface area (Å²) in [5.41, 5.74) is 2.58. The molecule has 0 saturated carbocycles. The summed E-state index contributed by atoms with van der Waals surface area (Å²) in [5, 5.41) is 11.1. The van der Waals surface area contributed by atoms with Crippen LogP contribution in [0.15, 0.2) is 48.7 Å². The lowest BCUT2D eigenvalue weighted by Crippen LogP contribution is -2.12. The van der Waals surface area contributed by atoms with Crippen molar-refractivity contribution in [2.45, 2.75) is 6.61 Å². The zero-order valence-electron chi connectivity index (χ0n) is 12.8. The van der Waals surface area contributed by atoms with E-state index >= 15 is 0 Å². The second kappa shape index (κ2) is 6.03. The first kappa shape index (κ1) is 15.3. The Kier molecular flexibility index (Phi) is 3.70. The Balaban J connectivity index is 1.54. The predicted molar refractivity (Wildman–Crippen MR) is 89.9 cm³/mol. The van der Waals surface area contributed by atoms with Crippen LogP contribution in [0.5, 0.6) is 0 Å². The lowest BCUT2D eigenvalue weighted by atomic mass is 10.1. The third-order valence-electron chi connectivity index (χ3n) is 3.75. The summed E-state index contributed by atoms with van der Waals surface area (Å²) < 4.78 is 6.40. The zero-order chi connectivity index (χ0) is 17.4. The van der Waals surface area contributed by atoms with Crippen LogP contribution < -0.4 is 5.32 Å². The number of carbonyl (C=O) groups is 2. The van der Waals surface area contributed by atoms with Gasteiger partial charge in [0.25, 0.3) is 5.91 Å². The molecule has 2 aromatic carbocycles. The summed E-state index contributed by atoms with van der Waals surface area (Å²) >= 11 is 5.95. The molecule has 0 bridgehead atoms. The molecule has 1 aromatic heterocycles. The molecule has 1 amide bonds. The molecule has 4 rings (SSSR count). The summed E-state index contributed by atoms with van der Waals surface area (Å²) in [5.74, 6) is -0.822. The summed E-state index contributed by atoms with van der Waals surface area (Å²) in [4.78, 5) is 23.9. The number of cyclic esters (lactones) is 1. The highest BCUT2D eigenvalue weighted by atomic mass is 35.5. The van der Waals surface area contributed by atoms with Crippen LogP contribution >= 0.6 is 11.6 Å². The van der Waals surface area contributed by atoms with Gasteiger partial charge in [0.05, 0.1) is 17.4 Å². The lowest BCUT2D eigenvalue weighted by molar-refractivity contribution is 0.0535. The van der Waals surface area contributed by atoms with Gasteiger partial charge >= 0.3 is 5.97 Å². The number of esters is 1. The molecule has 1 aliphatic rings. The van der Waals surface area contributed by atoms with Crippen molar-refractivity contribution >= 4 is 29.2 Å². The maximum absolute atomic E-state index is 12.3. The molecule has 1 N–H and O–H groups in total. The Bertz CT molecular complexity index is 999. The first-order chi connectivity index (χ1) is 12.1. The van der Waals surface area contributed by atoms with Crippen LogP contribution in [-0.4, -0.2) is 26.9 Å². The molecule has 0 fully saturated rings. The van der Waals surface area contributed by atoms with Crippen LogP contribution in [0.3, 0.4) is 0 Å². The highest BCUT2D eigenvalue weighted by Crippen LogP contribution is 2.23. The van der Waals surface area contributed by atoms with Gasteiger partial charge in [0.15, 0.2) is 5.69 Å². The summed E-state index contributed by atoms with van der Waals surface area (Å²) in [6.45, 7) is 0.260. The van der Waals surface area contributed by atoms with Gasteiger partial charge in [-0.05, 0) is 30.3 Å². The fourth-order valence-electron chi connectivity index (χ4n) is 2.50. The summed E-state index contributed by atoms with van der Waals surface area (Å²) in [7, 11) is 0. The van der Waals surface area contributed by atoms with Crippen molar-refractivity contribution in [2.75, 3.05) is 5.32 Å². The number of benzene rings is 2. The van der Waals surface area contributed by atoms with E-state index in [4.69, 9.17) is 16.3 Å². The minimum Gasteiger partial charge on any atom is -0.457 e. The number of nitrogens with one attached hydrogen (secondary N) is 1. The number of nitrogens with zero attached hydrogens (tertiary/aromatic N) is 3. The fourth-order valence-corrected chi connectivity index (χ4v) is 2.68. The standard InChI is InChI=1S/C17H11ClN4O3/c18-11-2-1-3-13(6-11)22-8-15(20-21-22)16(23)19-12-5-4-10-9-25-17(24)14(10)7-12/h1-8H,9H2,(H,19,23). The van der Waals surface area contributed by atoms with Gasteiger partial charge in [-0.2, -0.15) is 0 Å². The lowest BCUT2D eigenvalue weighted by Gasteiger charge is -2.04. The van der Waals surface area contributed by atoms with E-state index in [1.54, 1.807) is 42.5 Å².